The molecule has 1 saturated carbocycles. The van der Waals surface area contributed by atoms with Gasteiger partial charge in [0.1, 0.15) is 5.75 Å². The molecule has 0 aromatic heterocycles. The molecule has 2 aliphatic rings. The molecule has 1 N–H and O–H groups in total. The molecule has 3 unspecified atom stereocenters. The standard InChI is InChI=1S/C17H25NO2/c1-13-4-2-5-15(10-13)20-9-3-8-18-11-14-6-7-17(19)16(14)12-18/h2,4-5,10,14,16-17,19H,3,6-9,11-12H2,1H3. The van der Waals surface area contributed by atoms with Gasteiger partial charge in [0.05, 0.1) is 12.7 Å². The van der Waals surface area contributed by atoms with Gasteiger partial charge in [-0.25, -0.2) is 0 Å². The number of nitrogens with zero attached hydrogens (tertiary/aromatic N) is 1. The summed E-state index contributed by atoms with van der Waals surface area (Å²) in [5.41, 5.74) is 1.24. The minimum atomic E-state index is -0.0476. The topological polar surface area (TPSA) is 32.7 Å². The van der Waals surface area contributed by atoms with Crippen LogP contribution >= 0.6 is 0 Å². The van der Waals surface area contributed by atoms with E-state index in [2.05, 4.69) is 24.0 Å². The van der Waals surface area contributed by atoms with Gasteiger partial charge in [-0.2, -0.15) is 0 Å². The minimum absolute atomic E-state index is 0.0476. The summed E-state index contributed by atoms with van der Waals surface area (Å²) in [6.07, 6.45) is 3.24. The third-order valence-electron chi connectivity index (χ3n) is 4.77. The van der Waals surface area contributed by atoms with Crippen LogP contribution in [-0.4, -0.2) is 42.4 Å². The van der Waals surface area contributed by atoms with Gasteiger partial charge in [0.15, 0.2) is 0 Å². The zero-order valence-electron chi connectivity index (χ0n) is 12.3. The average molecular weight is 275 g/mol. The van der Waals surface area contributed by atoms with Crippen LogP contribution in [0.4, 0.5) is 0 Å². The van der Waals surface area contributed by atoms with Crippen molar-refractivity contribution < 1.29 is 9.84 Å². The van der Waals surface area contributed by atoms with E-state index in [9.17, 15) is 5.11 Å². The molecule has 3 heteroatoms. The minimum Gasteiger partial charge on any atom is -0.494 e. The zero-order valence-corrected chi connectivity index (χ0v) is 12.3. The first-order chi connectivity index (χ1) is 9.72. The number of aryl methyl sites for hydroxylation is 1. The predicted octanol–water partition coefficient (Wildman–Crippen LogP) is 2.47. The van der Waals surface area contributed by atoms with Crippen LogP contribution in [0.25, 0.3) is 0 Å². The maximum Gasteiger partial charge on any atom is 0.119 e. The SMILES string of the molecule is Cc1cccc(OCCCN2CC3CCC(O)C3C2)c1. The summed E-state index contributed by atoms with van der Waals surface area (Å²) in [4.78, 5) is 2.50. The Kier molecular flexibility index (Phi) is 4.27. The molecule has 0 bridgehead atoms. The number of ether oxygens (including phenoxy) is 1. The van der Waals surface area contributed by atoms with Crippen molar-refractivity contribution in [2.75, 3.05) is 26.2 Å². The molecule has 1 aromatic rings. The molecule has 1 aliphatic heterocycles. The first-order valence-corrected chi connectivity index (χ1v) is 7.82. The van der Waals surface area contributed by atoms with E-state index in [0.29, 0.717) is 5.92 Å². The maximum absolute atomic E-state index is 9.91. The van der Waals surface area contributed by atoms with Crippen molar-refractivity contribution in [2.45, 2.75) is 32.3 Å². The summed E-state index contributed by atoms with van der Waals surface area (Å²) < 4.78 is 5.79. The van der Waals surface area contributed by atoms with Gasteiger partial charge in [0.25, 0.3) is 0 Å². The summed E-state index contributed by atoms with van der Waals surface area (Å²) in [6.45, 7) is 6.20. The quantitative estimate of drug-likeness (QED) is 0.838. The number of aliphatic hydroxyl groups excluding tert-OH is 1. The van der Waals surface area contributed by atoms with Crippen molar-refractivity contribution in [3.05, 3.63) is 29.8 Å². The van der Waals surface area contributed by atoms with Crippen LogP contribution in [0.5, 0.6) is 5.75 Å². The Balaban J connectivity index is 1.37. The van der Waals surface area contributed by atoms with Crippen molar-refractivity contribution in [3.8, 4) is 5.75 Å². The Hall–Kier alpha value is -1.06. The van der Waals surface area contributed by atoms with Gasteiger partial charge in [-0.3, -0.25) is 0 Å². The Bertz CT molecular complexity index is 448. The third-order valence-corrected chi connectivity index (χ3v) is 4.77. The molecule has 3 nitrogen and oxygen atoms in total. The molecule has 1 aliphatic carbocycles. The number of fused-ring (bicyclic) bond motifs is 1. The number of hydrogen-bond acceptors (Lipinski definition) is 3. The average Bonchev–Trinajstić information content (AvgIpc) is 2.97. The molecule has 0 radical (unpaired) electrons. The molecule has 1 heterocycles. The van der Waals surface area contributed by atoms with E-state index in [1.165, 1.54) is 18.5 Å². The summed E-state index contributed by atoms with van der Waals surface area (Å²) in [5, 5.41) is 9.91. The van der Waals surface area contributed by atoms with Crippen molar-refractivity contribution in [2.24, 2.45) is 11.8 Å². The second-order valence-corrected chi connectivity index (χ2v) is 6.35. The fourth-order valence-corrected chi connectivity index (χ4v) is 3.69. The fourth-order valence-electron chi connectivity index (χ4n) is 3.69. The lowest BCUT2D eigenvalue weighted by Gasteiger charge is -2.18. The van der Waals surface area contributed by atoms with Crippen LogP contribution in [-0.2, 0) is 0 Å². The van der Waals surface area contributed by atoms with Gasteiger partial charge >= 0.3 is 0 Å². The molecule has 1 aromatic carbocycles. The number of hydrogen-bond donors (Lipinski definition) is 1. The lowest BCUT2D eigenvalue weighted by atomic mass is 10.00. The molecular formula is C17H25NO2. The number of likely N-dealkylation sites (tertiary alicyclic amines) is 1. The predicted molar refractivity (Wildman–Crippen MR) is 80.0 cm³/mol. The lowest BCUT2D eigenvalue weighted by Crippen LogP contribution is -2.26. The van der Waals surface area contributed by atoms with E-state index in [1.54, 1.807) is 0 Å². The summed E-state index contributed by atoms with van der Waals surface area (Å²) >= 11 is 0. The van der Waals surface area contributed by atoms with E-state index in [1.807, 2.05) is 12.1 Å². The van der Waals surface area contributed by atoms with Crippen LogP contribution < -0.4 is 4.74 Å². The Morgan fingerprint density at radius 2 is 2.20 bits per heavy atom. The molecule has 3 atom stereocenters. The van der Waals surface area contributed by atoms with Crippen LogP contribution in [0, 0.1) is 18.8 Å². The van der Waals surface area contributed by atoms with E-state index < -0.39 is 0 Å². The highest BCUT2D eigenvalue weighted by Crippen LogP contribution is 2.37. The summed E-state index contributed by atoms with van der Waals surface area (Å²) in [5.74, 6) is 2.24. The molecule has 0 spiro atoms. The monoisotopic (exact) mass is 275 g/mol. The zero-order chi connectivity index (χ0) is 13.9. The Morgan fingerprint density at radius 1 is 1.30 bits per heavy atom. The first kappa shape index (κ1) is 13.9. The van der Waals surface area contributed by atoms with Gasteiger partial charge < -0.3 is 14.7 Å². The number of benzene rings is 1. The van der Waals surface area contributed by atoms with E-state index in [-0.39, 0.29) is 6.10 Å². The van der Waals surface area contributed by atoms with Crippen molar-refractivity contribution in [1.29, 1.82) is 0 Å². The highest BCUT2D eigenvalue weighted by Gasteiger charge is 2.41. The normalized spacial score (nSPS) is 29.6. The molecule has 2 fully saturated rings. The van der Waals surface area contributed by atoms with Crippen molar-refractivity contribution in [1.82, 2.24) is 4.90 Å². The number of rotatable bonds is 5. The Labute approximate surface area is 121 Å². The first-order valence-electron chi connectivity index (χ1n) is 7.82. The van der Waals surface area contributed by atoms with Crippen LogP contribution in [0.15, 0.2) is 24.3 Å². The second-order valence-electron chi connectivity index (χ2n) is 6.35. The smallest absolute Gasteiger partial charge is 0.119 e. The van der Waals surface area contributed by atoms with Gasteiger partial charge in [-0.05, 0) is 49.8 Å². The van der Waals surface area contributed by atoms with Crippen LogP contribution in [0.1, 0.15) is 24.8 Å². The van der Waals surface area contributed by atoms with Gasteiger partial charge in [0.2, 0.25) is 0 Å². The highest BCUT2D eigenvalue weighted by molar-refractivity contribution is 5.27. The lowest BCUT2D eigenvalue weighted by molar-refractivity contribution is 0.123. The largest absolute Gasteiger partial charge is 0.494 e. The van der Waals surface area contributed by atoms with E-state index in [0.717, 1.165) is 44.2 Å². The van der Waals surface area contributed by atoms with Gasteiger partial charge in [-0.1, -0.05) is 12.1 Å². The maximum atomic E-state index is 9.91. The third kappa shape index (κ3) is 3.15. The molecule has 20 heavy (non-hydrogen) atoms. The summed E-state index contributed by atoms with van der Waals surface area (Å²) in [6, 6.07) is 8.22. The highest BCUT2D eigenvalue weighted by atomic mass is 16.5. The van der Waals surface area contributed by atoms with Crippen molar-refractivity contribution in [3.63, 3.8) is 0 Å². The molecule has 110 valence electrons. The molecule has 1 saturated heterocycles. The fraction of sp³-hybridized carbons (Fsp3) is 0.647. The molecular weight excluding hydrogens is 250 g/mol. The second kappa shape index (κ2) is 6.15. The molecule has 0 amide bonds. The van der Waals surface area contributed by atoms with Crippen LogP contribution in [0.2, 0.25) is 0 Å². The van der Waals surface area contributed by atoms with E-state index in [4.69, 9.17) is 4.74 Å². The summed E-state index contributed by atoms with van der Waals surface area (Å²) in [7, 11) is 0. The van der Waals surface area contributed by atoms with Crippen LogP contribution in [0.3, 0.4) is 0 Å². The van der Waals surface area contributed by atoms with E-state index >= 15 is 0 Å². The van der Waals surface area contributed by atoms with Gasteiger partial charge in [0, 0.05) is 25.6 Å². The van der Waals surface area contributed by atoms with Gasteiger partial charge in [-0.15, -0.1) is 0 Å². The number of aliphatic hydroxyl groups is 1. The van der Waals surface area contributed by atoms with Crippen molar-refractivity contribution >= 4 is 0 Å². The molecule has 3 rings (SSSR count). The Morgan fingerprint density at radius 3 is 3.00 bits per heavy atom.